The maximum atomic E-state index is 10.3. The van der Waals surface area contributed by atoms with Gasteiger partial charge in [-0.05, 0) is 13.0 Å². The summed E-state index contributed by atoms with van der Waals surface area (Å²) in [6.45, 7) is 2.47. The van der Waals surface area contributed by atoms with Gasteiger partial charge in [-0.25, -0.2) is 4.98 Å². The van der Waals surface area contributed by atoms with Crippen molar-refractivity contribution in [2.75, 3.05) is 11.9 Å². The Morgan fingerprint density at radius 2 is 2.40 bits per heavy atom. The van der Waals surface area contributed by atoms with E-state index in [1.165, 1.54) is 12.3 Å². The van der Waals surface area contributed by atoms with Crippen molar-refractivity contribution in [1.82, 2.24) is 4.98 Å². The Kier molecular flexibility index (Phi) is 4.10. The third-order valence-corrected chi connectivity index (χ3v) is 1.69. The molecule has 5 nitrogen and oxygen atoms in total. The van der Waals surface area contributed by atoms with Gasteiger partial charge in [-0.3, -0.25) is 10.1 Å². The van der Waals surface area contributed by atoms with Crippen LogP contribution in [0.25, 0.3) is 0 Å². The normalized spacial score (nSPS) is 8.87. The minimum atomic E-state index is -0.473. The lowest BCUT2D eigenvalue weighted by Gasteiger charge is -2.01. The van der Waals surface area contributed by atoms with E-state index in [1.807, 2.05) is 0 Å². The lowest BCUT2D eigenvalue weighted by molar-refractivity contribution is -0.385. The van der Waals surface area contributed by atoms with Gasteiger partial charge in [-0.1, -0.05) is 0 Å². The van der Waals surface area contributed by atoms with Gasteiger partial charge in [0.2, 0.25) is 0 Å². The molecule has 1 aromatic heterocycles. The summed E-state index contributed by atoms with van der Waals surface area (Å²) in [5, 5.41) is 13.3. The predicted octanol–water partition coefficient (Wildman–Crippen LogP) is 1.82. The van der Waals surface area contributed by atoms with Gasteiger partial charge in [0, 0.05) is 19.0 Å². The van der Waals surface area contributed by atoms with E-state index in [-0.39, 0.29) is 5.69 Å². The number of nitrogens with zero attached hydrogens (tertiary/aromatic N) is 2. The fourth-order valence-corrected chi connectivity index (χ4v) is 0.977. The van der Waals surface area contributed by atoms with Crippen molar-refractivity contribution in [2.45, 2.75) is 13.3 Å². The van der Waals surface area contributed by atoms with Crippen molar-refractivity contribution >= 4 is 11.5 Å². The second kappa shape index (κ2) is 5.60. The molecular formula is C10H11N3O2. The summed E-state index contributed by atoms with van der Waals surface area (Å²) >= 11 is 0. The molecule has 1 aromatic rings. The molecule has 0 spiro atoms. The molecule has 0 saturated carbocycles. The summed E-state index contributed by atoms with van der Waals surface area (Å²) in [6, 6.07) is 3.00. The second-order valence-corrected chi connectivity index (χ2v) is 2.76. The van der Waals surface area contributed by atoms with Crippen LogP contribution in [0.2, 0.25) is 0 Å². The molecule has 0 atom stereocenters. The molecule has 0 amide bonds. The van der Waals surface area contributed by atoms with E-state index in [1.54, 1.807) is 13.0 Å². The van der Waals surface area contributed by atoms with E-state index in [4.69, 9.17) is 0 Å². The molecule has 0 radical (unpaired) electrons. The first-order chi connectivity index (χ1) is 7.24. The van der Waals surface area contributed by atoms with Gasteiger partial charge in [0.1, 0.15) is 12.0 Å². The Morgan fingerprint density at radius 1 is 1.60 bits per heavy atom. The standard InChI is InChI=1S/C10H11N3O2/c1-2-3-4-7-11-10-6-5-9(8-12-10)13(14)15/h5-6,8H,4,7H2,1H3,(H,11,12). The van der Waals surface area contributed by atoms with Crippen LogP contribution in [0.3, 0.4) is 0 Å². The zero-order valence-corrected chi connectivity index (χ0v) is 8.36. The summed E-state index contributed by atoms with van der Waals surface area (Å²) in [5.41, 5.74) is -0.00565. The lowest BCUT2D eigenvalue weighted by atomic mass is 10.4. The molecular weight excluding hydrogens is 194 g/mol. The van der Waals surface area contributed by atoms with Crippen LogP contribution in [-0.4, -0.2) is 16.5 Å². The number of hydrogen-bond acceptors (Lipinski definition) is 4. The van der Waals surface area contributed by atoms with Crippen molar-refractivity contribution in [1.29, 1.82) is 0 Å². The van der Waals surface area contributed by atoms with Crippen LogP contribution in [-0.2, 0) is 0 Å². The Balaban J connectivity index is 2.48. The first kappa shape index (κ1) is 11.0. The minimum Gasteiger partial charge on any atom is -0.369 e. The predicted molar refractivity (Wildman–Crippen MR) is 57.4 cm³/mol. The van der Waals surface area contributed by atoms with Crippen molar-refractivity contribution in [3.05, 3.63) is 28.4 Å². The lowest BCUT2D eigenvalue weighted by Crippen LogP contribution is -2.02. The highest BCUT2D eigenvalue weighted by Gasteiger charge is 2.04. The van der Waals surface area contributed by atoms with Gasteiger partial charge in [0.25, 0.3) is 5.69 Å². The zero-order valence-electron chi connectivity index (χ0n) is 8.36. The highest BCUT2D eigenvalue weighted by atomic mass is 16.6. The fourth-order valence-electron chi connectivity index (χ4n) is 0.977. The number of hydrogen-bond donors (Lipinski definition) is 1. The maximum absolute atomic E-state index is 10.3. The smallest absolute Gasteiger partial charge is 0.287 e. The molecule has 1 N–H and O–H groups in total. The molecule has 0 bridgehead atoms. The van der Waals surface area contributed by atoms with E-state index < -0.39 is 4.92 Å². The van der Waals surface area contributed by atoms with Crippen LogP contribution in [0, 0.1) is 22.0 Å². The Bertz CT molecular complexity index is 389. The minimum absolute atomic E-state index is 0.00565. The molecule has 5 heteroatoms. The zero-order chi connectivity index (χ0) is 11.1. The average molecular weight is 205 g/mol. The van der Waals surface area contributed by atoms with Crippen LogP contribution in [0.5, 0.6) is 0 Å². The summed E-state index contributed by atoms with van der Waals surface area (Å²) in [6.07, 6.45) is 1.96. The van der Waals surface area contributed by atoms with Crippen LogP contribution < -0.4 is 5.32 Å². The van der Waals surface area contributed by atoms with Crippen LogP contribution in [0.4, 0.5) is 11.5 Å². The number of anilines is 1. The van der Waals surface area contributed by atoms with E-state index in [0.29, 0.717) is 12.4 Å². The SMILES string of the molecule is CC#CCCNc1ccc([N+](=O)[O-])cn1. The highest BCUT2D eigenvalue weighted by molar-refractivity contribution is 5.40. The molecule has 15 heavy (non-hydrogen) atoms. The van der Waals surface area contributed by atoms with Crippen molar-refractivity contribution in [3.8, 4) is 11.8 Å². The molecule has 1 rings (SSSR count). The molecule has 1 heterocycles. The van der Waals surface area contributed by atoms with Crippen molar-refractivity contribution < 1.29 is 4.92 Å². The number of nitrogens with one attached hydrogen (secondary N) is 1. The third-order valence-electron chi connectivity index (χ3n) is 1.69. The van der Waals surface area contributed by atoms with E-state index in [9.17, 15) is 10.1 Å². The number of aromatic nitrogens is 1. The Morgan fingerprint density at radius 3 is 2.93 bits per heavy atom. The Labute approximate surface area is 87.7 Å². The summed E-state index contributed by atoms with van der Waals surface area (Å²) < 4.78 is 0. The van der Waals surface area contributed by atoms with E-state index in [0.717, 1.165) is 6.42 Å². The fraction of sp³-hybridized carbons (Fsp3) is 0.300. The average Bonchev–Trinajstić information content (AvgIpc) is 2.25. The summed E-state index contributed by atoms with van der Waals surface area (Å²) in [7, 11) is 0. The Hall–Kier alpha value is -2.09. The van der Waals surface area contributed by atoms with Gasteiger partial charge in [0.05, 0.1) is 4.92 Å². The van der Waals surface area contributed by atoms with E-state index in [2.05, 4.69) is 22.1 Å². The molecule has 0 aliphatic heterocycles. The largest absolute Gasteiger partial charge is 0.369 e. The van der Waals surface area contributed by atoms with Crippen molar-refractivity contribution in [3.63, 3.8) is 0 Å². The van der Waals surface area contributed by atoms with Gasteiger partial charge in [0.15, 0.2) is 0 Å². The van der Waals surface area contributed by atoms with Crippen LogP contribution in [0.1, 0.15) is 13.3 Å². The van der Waals surface area contributed by atoms with Gasteiger partial charge >= 0.3 is 0 Å². The quantitative estimate of drug-likeness (QED) is 0.352. The van der Waals surface area contributed by atoms with Gasteiger partial charge in [-0.15, -0.1) is 11.8 Å². The van der Waals surface area contributed by atoms with Gasteiger partial charge in [-0.2, -0.15) is 0 Å². The third kappa shape index (κ3) is 3.65. The molecule has 0 unspecified atom stereocenters. The maximum Gasteiger partial charge on any atom is 0.287 e. The molecule has 0 saturated heterocycles. The number of nitro groups is 1. The second-order valence-electron chi connectivity index (χ2n) is 2.76. The highest BCUT2D eigenvalue weighted by Crippen LogP contribution is 2.11. The van der Waals surface area contributed by atoms with Crippen LogP contribution in [0.15, 0.2) is 18.3 Å². The summed E-state index contributed by atoms with van der Waals surface area (Å²) in [5.74, 6) is 6.30. The monoisotopic (exact) mass is 205 g/mol. The number of pyridine rings is 1. The molecule has 0 fully saturated rings. The van der Waals surface area contributed by atoms with E-state index >= 15 is 0 Å². The molecule has 78 valence electrons. The molecule has 0 aliphatic rings. The molecule has 0 aromatic carbocycles. The van der Waals surface area contributed by atoms with Crippen LogP contribution >= 0.6 is 0 Å². The number of rotatable bonds is 4. The first-order valence-electron chi connectivity index (χ1n) is 4.48. The topological polar surface area (TPSA) is 68.1 Å². The summed E-state index contributed by atoms with van der Waals surface area (Å²) in [4.78, 5) is 13.8. The van der Waals surface area contributed by atoms with Gasteiger partial charge < -0.3 is 5.32 Å². The molecule has 0 aliphatic carbocycles. The first-order valence-corrected chi connectivity index (χ1v) is 4.48. The van der Waals surface area contributed by atoms with Crippen molar-refractivity contribution in [2.24, 2.45) is 0 Å².